The molecule has 23 heteroatoms. The molecule has 16 nitrogen and oxygen atoms in total. The third kappa shape index (κ3) is 17.1. The molecule has 0 bridgehead atoms. The van der Waals surface area contributed by atoms with Gasteiger partial charge in [0.05, 0.1) is 29.5 Å². The molecule has 2 N–H and O–H groups in total. The van der Waals surface area contributed by atoms with Crippen LogP contribution in [0.5, 0.6) is 5.75 Å². The molecular weight excluding hydrogens is 1260 g/mol. The second-order valence-corrected chi connectivity index (χ2v) is 25.4. The summed E-state index contributed by atoms with van der Waals surface area (Å²) >= 11 is 0. The number of carbonyl (C=O) groups excluding carboxylic acids is 5. The molecule has 0 unspecified atom stereocenters. The lowest BCUT2D eigenvalue weighted by atomic mass is 9.72. The first kappa shape index (κ1) is 69.4. The number of piperidine rings is 2. The van der Waals surface area contributed by atoms with Crippen molar-refractivity contribution in [1.29, 1.82) is 0 Å². The van der Waals surface area contributed by atoms with Crippen molar-refractivity contribution in [3.63, 3.8) is 0 Å². The van der Waals surface area contributed by atoms with Gasteiger partial charge in [-0.05, 0) is 146 Å². The van der Waals surface area contributed by atoms with Crippen molar-refractivity contribution in [1.82, 2.24) is 29.8 Å². The molecule has 0 saturated carbocycles. The second kappa shape index (κ2) is 30.2. The van der Waals surface area contributed by atoms with Crippen molar-refractivity contribution in [2.24, 2.45) is 0 Å². The summed E-state index contributed by atoms with van der Waals surface area (Å²) < 4.78 is 121. The van der Waals surface area contributed by atoms with E-state index in [-0.39, 0.29) is 50.3 Å². The summed E-state index contributed by atoms with van der Waals surface area (Å²) in [6.07, 6.45) is -7.94. The summed E-state index contributed by atoms with van der Waals surface area (Å²) in [6, 6.07) is 46.2. The molecule has 0 aromatic heterocycles. The molecule has 2 atom stereocenters. The molecule has 97 heavy (non-hydrogen) atoms. The molecule has 0 radical (unpaired) electrons. The first-order valence-corrected chi connectivity index (χ1v) is 32.4. The lowest BCUT2D eigenvalue weighted by molar-refractivity contribution is -0.146. The SMILES string of the molecule is CN(CC(=O)Oc1ccc(CNCc2ccc(C(=O)N(C)CCN3CCC(OC(=O)Nc4ccccc4-c4ccccc4)CC3)cc2)cc1)C(=O)CO[C@H]1Cc2ccccc2C12CCN(CC[C@@]1(c3ccc(F)cc3)CN(C(=O)c3cc(C(F)(F)F)cc(C(F)(F)F)c3)CO1)CC2. The van der Waals surface area contributed by atoms with E-state index in [1.54, 1.807) is 24.1 Å². The van der Waals surface area contributed by atoms with E-state index in [0.29, 0.717) is 113 Å². The van der Waals surface area contributed by atoms with Gasteiger partial charge in [-0.25, -0.2) is 14.0 Å². The minimum Gasteiger partial charge on any atom is -0.446 e. The zero-order chi connectivity index (χ0) is 68.5. The predicted octanol–water partition coefficient (Wildman–Crippen LogP) is 12.4. The molecule has 3 heterocycles. The Morgan fingerprint density at radius 1 is 0.670 bits per heavy atom. The minimum absolute atomic E-state index is 0.0365. The number of carbonyl (C=O) groups is 5. The molecule has 3 aliphatic heterocycles. The van der Waals surface area contributed by atoms with Gasteiger partial charge < -0.3 is 48.8 Å². The Morgan fingerprint density at radius 3 is 1.96 bits per heavy atom. The van der Waals surface area contributed by atoms with Crippen LogP contribution in [0.2, 0.25) is 0 Å². The van der Waals surface area contributed by atoms with E-state index in [9.17, 15) is 54.7 Å². The van der Waals surface area contributed by atoms with Crippen molar-refractivity contribution >= 4 is 35.5 Å². The van der Waals surface area contributed by atoms with E-state index in [0.717, 1.165) is 51.4 Å². The fourth-order valence-corrected chi connectivity index (χ4v) is 13.4. The molecule has 3 fully saturated rings. The maximum absolute atomic E-state index is 14.2. The first-order chi connectivity index (χ1) is 46.5. The molecule has 3 saturated heterocycles. The number of halogens is 7. The topological polar surface area (TPSA) is 163 Å². The number of fused-ring (bicyclic) bond motifs is 2. The molecule has 510 valence electrons. The Morgan fingerprint density at radius 2 is 1.29 bits per heavy atom. The average molecular weight is 1340 g/mol. The summed E-state index contributed by atoms with van der Waals surface area (Å²) in [7, 11) is 3.30. The monoisotopic (exact) mass is 1340 g/mol. The smallest absolute Gasteiger partial charge is 0.416 e. The molecule has 7 aromatic rings. The van der Waals surface area contributed by atoms with Gasteiger partial charge in [-0.1, -0.05) is 109 Å². The zero-order valence-electron chi connectivity index (χ0n) is 53.8. The van der Waals surface area contributed by atoms with E-state index in [2.05, 4.69) is 26.5 Å². The Bertz CT molecular complexity index is 3870. The highest BCUT2D eigenvalue weighted by Crippen LogP contribution is 2.48. The number of rotatable bonds is 22. The second-order valence-electron chi connectivity index (χ2n) is 25.4. The van der Waals surface area contributed by atoms with Crippen LogP contribution in [-0.4, -0.2) is 153 Å². The van der Waals surface area contributed by atoms with Gasteiger partial charge in [0.25, 0.3) is 11.8 Å². The van der Waals surface area contributed by atoms with Gasteiger partial charge in [-0.15, -0.1) is 0 Å². The van der Waals surface area contributed by atoms with Crippen LogP contribution in [-0.2, 0) is 66.7 Å². The van der Waals surface area contributed by atoms with E-state index >= 15 is 0 Å². The number of amides is 4. The maximum Gasteiger partial charge on any atom is 0.416 e. The third-order valence-electron chi connectivity index (χ3n) is 19.0. The van der Waals surface area contributed by atoms with E-state index in [1.807, 2.05) is 109 Å². The van der Waals surface area contributed by atoms with E-state index in [4.69, 9.17) is 18.9 Å². The van der Waals surface area contributed by atoms with Crippen LogP contribution in [0.4, 0.5) is 41.2 Å². The average Bonchev–Trinajstić information content (AvgIpc) is 1.70. The quantitative estimate of drug-likeness (QED) is 0.0376. The highest BCUT2D eigenvalue weighted by molar-refractivity contribution is 5.95. The maximum atomic E-state index is 14.2. The summed E-state index contributed by atoms with van der Waals surface area (Å²) in [5, 5.41) is 6.33. The standard InChI is InChI=1S/C74H76F7N7O9/c1-84(38-39-86-33-28-61(29-34-86)97-70(93)83-64-15-9-7-13-62(64)52-10-4-3-5-11-52)68(91)53-20-16-50(17-21-53)44-82-45-51-18-26-60(27-19-51)96-67(90)46-85(2)66(89)47-94-65-42-54-12-6-8-14-63(54)71(65)30-35-87(36-31-71)37-32-72(56-22-24-59(75)25-23-56)48-88(49-95-72)69(92)55-40-57(73(76,77)78)43-58(41-55)74(79,80)81/h3-27,40-41,43,61,65,82H,28-39,42,44-49H2,1-2H3,(H,83,93)/t65-,72-/m0/s1. The molecular formula is C74H76F7N7O9. The van der Waals surface area contributed by atoms with Crippen LogP contribution < -0.4 is 15.4 Å². The van der Waals surface area contributed by atoms with Gasteiger partial charge in [0.2, 0.25) is 5.91 Å². The van der Waals surface area contributed by atoms with Crippen LogP contribution in [0.15, 0.2) is 170 Å². The minimum atomic E-state index is -5.16. The third-order valence-corrected chi connectivity index (χ3v) is 19.0. The Kier molecular flexibility index (Phi) is 21.6. The van der Waals surface area contributed by atoms with Crippen LogP contribution in [0.25, 0.3) is 11.1 Å². The van der Waals surface area contributed by atoms with Crippen LogP contribution in [0, 0.1) is 5.82 Å². The normalized spacial score (nSPS) is 18.2. The van der Waals surface area contributed by atoms with Crippen molar-refractivity contribution < 1.29 is 73.7 Å². The Labute approximate surface area is 558 Å². The summed E-state index contributed by atoms with van der Waals surface area (Å²) in [4.78, 5) is 75.3. The van der Waals surface area contributed by atoms with Crippen molar-refractivity contribution in [3.8, 4) is 16.9 Å². The van der Waals surface area contributed by atoms with E-state index < -0.39 is 76.5 Å². The number of esters is 1. The van der Waals surface area contributed by atoms with Crippen molar-refractivity contribution in [2.45, 2.75) is 87.2 Å². The Hall–Kier alpha value is -9.00. The number of anilines is 1. The number of nitrogens with zero attached hydrogens (tertiary/aromatic N) is 5. The number of likely N-dealkylation sites (N-methyl/N-ethyl adjacent to an activating group) is 2. The number of nitrogens with one attached hydrogen (secondary N) is 2. The zero-order valence-corrected chi connectivity index (χ0v) is 53.8. The van der Waals surface area contributed by atoms with Crippen molar-refractivity contribution in [2.75, 3.05) is 91.7 Å². The molecule has 1 spiro atoms. The van der Waals surface area contributed by atoms with Gasteiger partial charge in [-0.3, -0.25) is 19.7 Å². The highest BCUT2D eigenvalue weighted by Gasteiger charge is 2.50. The van der Waals surface area contributed by atoms with Crippen LogP contribution in [0.1, 0.15) is 91.8 Å². The van der Waals surface area contributed by atoms with E-state index in [1.165, 1.54) is 36.2 Å². The number of likely N-dealkylation sites (tertiary alicyclic amines) is 2. The van der Waals surface area contributed by atoms with Gasteiger partial charge in [-0.2, -0.15) is 26.3 Å². The highest BCUT2D eigenvalue weighted by atomic mass is 19.4. The molecule has 1 aliphatic carbocycles. The van der Waals surface area contributed by atoms with Crippen molar-refractivity contribution in [3.05, 3.63) is 226 Å². The van der Waals surface area contributed by atoms with Gasteiger partial charge in [0.1, 0.15) is 43.2 Å². The number of benzene rings is 7. The fourth-order valence-electron chi connectivity index (χ4n) is 13.4. The largest absolute Gasteiger partial charge is 0.446 e. The number of hydrogen-bond donors (Lipinski definition) is 2. The van der Waals surface area contributed by atoms with Gasteiger partial charge in [0.15, 0.2) is 0 Å². The summed E-state index contributed by atoms with van der Waals surface area (Å²) in [5.41, 5.74) is 2.02. The van der Waals surface area contributed by atoms with Crippen LogP contribution in [0.3, 0.4) is 0 Å². The summed E-state index contributed by atoms with van der Waals surface area (Å²) in [5.74, 6) is -2.46. The van der Waals surface area contributed by atoms with Crippen LogP contribution >= 0.6 is 0 Å². The molecule has 4 amide bonds. The fraction of sp³-hybridized carbons (Fsp3) is 0.365. The number of alkyl halides is 6. The predicted molar refractivity (Wildman–Crippen MR) is 348 cm³/mol. The lowest BCUT2D eigenvalue weighted by Gasteiger charge is -2.44. The number of hydrogen-bond acceptors (Lipinski definition) is 12. The number of para-hydroxylation sites is 1. The van der Waals surface area contributed by atoms with Gasteiger partial charge in [0, 0.05) is 82.0 Å². The molecule has 7 aromatic carbocycles. The summed E-state index contributed by atoms with van der Waals surface area (Å²) in [6.45, 7) is 4.02. The number of ether oxygens (including phenoxy) is 4. The van der Waals surface area contributed by atoms with Gasteiger partial charge >= 0.3 is 24.4 Å². The first-order valence-electron chi connectivity index (χ1n) is 32.4. The molecule has 4 aliphatic rings. The Balaban J connectivity index is 0.592. The molecule has 11 rings (SSSR count). The lowest BCUT2D eigenvalue weighted by Crippen LogP contribution is -2.50.